The summed E-state index contributed by atoms with van der Waals surface area (Å²) in [5, 5.41) is 11.9. The normalized spacial score (nSPS) is 16.1. The van der Waals surface area contributed by atoms with Gasteiger partial charge in [-0.15, -0.1) is 11.3 Å². The fourth-order valence-corrected chi connectivity index (χ4v) is 3.33. The SMILES string of the molecule is O=C(O)CN1CCN(c2nc(-c3ccccc3)cs2)CC1. The molecule has 0 unspecified atom stereocenters. The molecule has 5 nitrogen and oxygen atoms in total. The maximum atomic E-state index is 10.7. The number of carbonyl (C=O) groups is 1. The average Bonchev–Trinajstić information content (AvgIpc) is 2.98. The Morgan fingerprint density at radius 3 is 2.57 bits per heavy atom. The predicted octanol–water partition coefficient (Wildman–Crippen LogP) is 2.02. The van der Waals surface area contributed by atoms with E-state index in [1.165, 1.54) is 0 Å². The molecule has 0 aliphatic carbocycles. The lowest BCUT2D eigenvalue weighted by atomic mass is 10.2. The van der Waals surface area contributed by atoms with Gasteiger partial charge in [-0.25, -0.2) is 4.98 Å². The number of piperazine rings is 1. The number of carboxylic acid groups (broad SMARTS) is 1. The molecule has 0 spiro atoms. The van der Waals surface area contributed by atoms with Crippen LogP contribution in [-0.4, -0.2) is 53.7 Å². The molecule has 21 heavy (non-hydrogen) atoms. The van der Waals surface area contributed by atoms with Crippen LogP contribution in [0.2, 0.25) is 0 Å². The molecule has 1 N–H and O–H groups in total. The second-order valence-corrected chi connectivity index (χ2v) is 5.87. The minimum Gasteiger partial charge on any atom is -0.480 e. The minimum absolute atomic E-state index is 0.126. The topological polar surface area (TPSA) is 56.7 Å². The number of thiazole rings is 1. The molecule has 0 atom stereocenters. The summed E-state index contributed by atoms with van der Waals surface area (Å²) in [5.74, 6) is -0.760. The van der Waals surface area contributed by atoms with Gasteiger partial charge in [0.25, 0.3) is 0 Å². The number of benzene rings is 1. The highest BCUT2D eigenvalue weighted by atomic mass is 32.1. The second kappa shape index (κ2) is 6.24. The summed E-state index contributed by atoms with van der Waals surface area (Å²) in [4.78, 5) is 19.6. The van der Waals surface area contributed by atoms with Gasteiger partial charge in [0.15, 0.2) is 5.13 Å². The van der Waals surface area contributed by atoms with Crippen LogP contribution >= 0.6 is 11.3 Å². The Bertz CT molecular complexity index is 606. The van der Waals surface area contributed by atoms with Crippen LogP contribution in [0.4, 0.5) is 5.13 Å². The Labute approximate surface area is 127 Å². The van der Waals surface area contributed by atoms with E-state index in [9.17, 15) is 4.79 Å². The smallest absolute Gasteiger partial charge is 0.317 e. The van der Waals surface area contributed by atoms with E-state index in [1.54, 1.807) is 11.3 Å². The fourth-order valence-electron chi connectivity index (χ4n) is 2.44. The van der Waals surface area contributed by atoms with Crippen LogP contribution < -0.4 is 4.90 Å². The Hall–Kier alpha value is -1.92. The summed E-state index contributed by atoms with van der Waals surface area (Å²) in [6.07, 6.45) is 0. The molecule has 1 aromatic heterocycles. The van der Waals surface area contributed by atoms with Gasteiger partial charge in [-0.05, 0) is 0 Å². The number of carboxylic acids is 1. The zero-order valence-corrected chi connectivity index (χ0v) is 12.4. The first-order valence-corrected chi connectivity index (χ1v) is 7.80. The molecule has 3 rings (SSSR count). The van der Waals surface area contributed by atoms with E-state index in [0.29, 0.717) is 0 Å². The highest BCUT2D eigenvalue weighted by Gasteiger charge is 2.20. The molecule has 0 amide bonds. The van der Waals surface area contributed by atoms with Gasteiger partial charge in [0.05, 0.1) is 12.2 Å². The molecule has 110 valence electrons. The Kier molecular flexibility index (Phi) is 4.17. The van der Waals surface area contributed by atoms with Gasteiger partial charge < -0.3 is 10.0 Å². The summed E-state index contributed by atoms with van der Waals surface area (Å²) in [5.41, 5.74) is 2.13. The molecule has 1 fully saturated rings. The van der Waals surface area contributed by atoms with Crippen molar-refractivity contribution in [2.24, 2.45) is 0 Å². The molecule has 2 heterocycles. The Morgan fingerprint density at radius 2 is 1.90 bits per heavy atom. The first kappa shape index (κ1) is 14.0. The summed E-state index contributed by atoms with van der Waals surface area (Å²) in [6.45, 7) is 3.32. The number of hydrogen-bond donors (Lipinski definition) is 1. The molecule has 2 aromatic rings. The first-order valence-electron chi connectivity index (χ1n) is 6.92. The van der Waals surface area contributed by atoms with Crippen molar-refractivity contribution in [1.29, 1.82) is 0 Å². The Morgan fingerprint density at radius 1 is 1.19 bits per heavy atom. The third-order valence-corrected chi connectivity index (χ3v) is 4.46. The number of anilines is 1. The summed E-state index contributed by atoms with van der Waals surface area (Å²) in [6, 6.07) is 10.1. The molecular formula is C15H17N3O2S. The van der Waals surface area contributed by atoms with Gasteiger partial charge in [-0.1, -0.05) is 30.3 Å². The average molecular weight is 303 g/mol. The van der Waals surface area contributed by atoms with E-state index >= 15 is 0 Å². The van der Waals surface area contributed by atoms with E-state index in [1.807, 2.05) is 23.1 Å². The molecule has 1 aliphatic heterocycles. The monoisotopic (exact) mass is 303 g/mol. The first-order chi connectivity index (χ1) is 10.2. The van der Waals surface area contributed by atoms with Crippen molar-refractivity contribution in [2.75, 3.05) is 37.6 Å². The van der Waals surface area contributed by atoms with Crippen LogP contribution in [0.5, 0.6) is 0 Å². The molecule has 1 aliphatic rings. The summed E-state index contributed by atoms with van der Waals surface area (Å²) in [7, 11) is 0. The van der Waals surface area contributed by atoms with Crippen LogP contribution in [0.25, 0.3) is 11.3 Å². The van der Waals surface area contributed by atoms with E-state index in [2.05, 4.69) is 22.4 Å². The van der Waals surface area contributed by atoms with Crippen molar-refractivity contribution in [3.63, 3.8) is 0 Å². The van der Waals surface area contributed by atoms with Crippen molar-refractivity contribution in [1.82, 2.24) is 9.88 Å². The number of rotatable bonds is 4. The van der Waals surface area contributed by atoms with Crippen molar-refractivity contribution >= 4 is 22.4 Å². The van der Waals surface area contributed by atoms with E-state index in [-0.39, 0.29) is 6.54 Å². The molecule has 6 heteroatoms. The van der Waals surface area contributed by atoms with Gasteiger partial charge in [0, 0.05) is 37.1 Å². The lowest BCUT2D eigenvalue weighted by Gasteiger charge is -2.33. The Balaban J connectivity index is 1.64. The van der Waals surface area contributed by atoms with Crippen LogP contribution in [0, 0.1) is 0 Å². The zero-order chi connectivity index (χ0) is 14.7. The lowest BCUT2D eigenvalue weighted by Crippen LogP contribution is -2.47. The predicted molar refractivity (Wildman–Crippen MR) is 83.8 cm³/mol. The largest absolute Gasteiger partial charge is 0.480 e. The van der Waals surface area contributed by atoms with Gasteiger partial charge in [-0.3, -0.25) is 9.69 Å². The maximum Gasteiger partial charge on any atom is 0.317 e. The number of aliphatic carboxylic acids is 1. The van der Waals surface area contributed by atoms with Gasteiger partial charge >= 0.3 is 5.97 Å². The number of aromatic nitrogens is 1. The summed E-state index contributed by atoms with van der Waals surface area (Å²) >= 11 is 1.65. The molecule has 0 saturated carbocycles. The fraction of sp³-hybridized carbons (Fsp3) is 0.333. The zero-order valence-electron chi connectivity index (χ0n) is 11.6. The molecule has 1 saturated heterocycles. The molecular weight excluding hydrogens is 286 g/mol. The standard InChI is InChI=1S/C15H17N3O2S/c19-14(20)10-17-6-8-18(9-7-17)15-16-13(11-21-15)12-4-2-1-3-5-12/h1-5,11H,6-10H2,(H,19,20). The van der Waals surface area contributed by atoms with E-state index in [4.69, 9.17) is 10.1 Å². The van der Waals surface area contributed by atoms with Gasteiger partial charge in [0.1, 0.15) is 0 Å². The van der Waals surface area contributed by atoms with Crippen molar-refractivity contribution in [2.45, 2.75) is 0 Å². The third kappa shape index (κ3) is 3.40. The molecule has 0 radical (unpaired) electrons. The van der Waals surface area contributed by atoms with Crippen LogP contribution in [0.1, 0.15) is 0 Å². The van der Waals surface area contributed by atoms with E-state index < -0.39 is 5.97 Å². The van der Waals surface area contributed by atoms with Gasteiger partial charge in [-0.2, -0.15) is 0 Å². The highest BCUT2D eigenvalue weighted by Crippen LogP contribution is 2.27. The van der Waals surface area contributed by atoms with Crippen LogP contribution in [-0.2, 0) is 4.79 Å². The van der Waals surface area contributed by atoms with Crippen LogP contribution in [0.3, 0.4) is 0 Å². The quantitative estimate of drug-likeness (QED) is 0.936. The second-order valence-electron chi connectivity index (χ2n) is 5.04. The minimum atomic E-state index is -0.760. The van der Waals surface area contributed by atoms with Gasteiger partial charge in [0.2, 0.25) is 0 Å². The van der Waals surface area contributed by atoms with E-state index in [0.717, 1.165) is 42.6 Å². The molecule has 1 aromatic carbocycles. The van der Waals surface area contributed by atoms with Crippen LogP contribution in [0.15, 0.2) is 35.7 Å². The molecule has 0 bridgehead atoms. The maximum absolute atomic E-state index is 10.7. The van der Waals surface area contributed by atoms with Crippen molar-refractivity contribution in [3.05, 3.63) is 35.7 Å². The van der Waals surface area contributed by atoms with Crippen molar-refractivity contribution < 1.29 is 9.90 Å². The third-order valence-electron chi connectivity index (χ3n) is 3.56. The summed E-state index contributed by atoms with van der Waals surface area (Å²) < 4.78 is 0. The lowest BCUT2D eigenvalue weighted by molar-refractivity contribution is -0.138. The number of nitrogens with zero attached hydrogens (tertiary/aromatic N) is 3. The van der Waals surface area contributed by atoms with Crippen molar-refractivity contribution in [3.8, 4) is 11.3 Å². The number of hydrogen-bond acceptors (Lipinski definition) is 5. The highest BCUT2D eigenvalue weighted by molar-refractivity contribution is 7.14.